The van der Waals surface area contributed by atoms with Crippen LogP contribution < -0.4 is 0 Å². The molecule has 0 N–H and O–H groups in total. The Morgan fingerprint density at radius 2 is 2.12 bits per heavy atom. The van der Waals surface area contributed by atoms with Crippen molar-refractivity contribution in [2.24, 2.45) is 5.92 Å². The minimum Gasteiger partial charge on any atom is -0.352 e. The highest BCUT2D eigenvalue weighted by Crippen LogP contribution is 2.40. The summed E-state index contributed by atoms with van der Waals surface area (Å²) in [5.74, 6) is 0.471. The summed E-state index contributed by atoms with van der Waals surface area (Å²) < 4.78 is 5.77. The van der Waals surface area contributed by atoms with Gasteiger partial charge in [-0.3, -0.25) is 4.79 Å². The SMILES string of the molecule is CCC1CC2CO[C@H](c3ccccc3)N2C1=O. The maximum Gasteiger partial charge on any atom is 0.228 e. The molecule has 2 aliphatic heterocycles. The molecule has 3 atom stereocenters. The zero-order chi connectivity index (χ0) is 11.8. The van der Waals surface area contributed by atoms with Crippen LogP contribution in [0, 0.1) is 5.92 Å². The van der Waals surface area contributed by atoms with Gasteiger partial charge in [0.1, 0.15) is 0 Å². The highest BCUT2D eigenvalue weighted by molar-refractivity contribution is 5.82. The van der Waals surface area contributed by atoms with E-state index in [2.05, 4.69) is 6.92 Å². The summed E-state index contributed by atoms with van der Waals surface area (Å²) >= 11 is 0. The van der Waals surface area contributed by atoms with E-state index >= 15 is 0 Å². The summed E-state index contributed by atoms with van der Waals surface area (Å²) in [6.45, 7) is 2.77. The van der Waals surface area contributed by atoms with Crippen LogP contribution in [0.3, 0.4) is 0 Å². The van der Waals surface area contributed by atoms with E-state index in [9.17, 15) is 4.79 Å². The molecule has 2 fully saturated rings. The topological polar surface area (TPSA) is 29.5 Å². The van der Waals surface area contributed by atoms with Crippen LogP contribution in [-0.2, 0) is 9.53 Å². The molecular formula is C14H17NO2. The van der Waals surface area contributed by atoms with E-state index in [1.807, 2.05) is 35.2 Å². The minimum atomic E-state index is -0.162. The Labute approximate surface area is 101 Å². The van der Waals surface area contributed by atoms with Gasteiger partial charge in [-0.15, -0.1) is 0 Å². The van der Waals surface area contributed by atoms with Crippen LogP contribution in [0.1, 0.15) is 31.6 Å². The van der Waals surface area contributed by atoms with E-state index in [1.165, 1.54) is 0 Å². The van der Waals surface area contributed by atoms with Crippen LogP contribution in [0.5, 0.6) is 0 Å². The van der Waals surface area contributed by atoms with Crippen LogP contribution >= 0.6 is 0 Å². The van der Waals surface area contributed by atoms with Crippen molar-refractivity contribution in [1.29, 1.82) is 0 Å². The fourth-order valence-corrected chi connectivity index (χ4v) is 2.89. The third-order valence-electron chi connectivity index (χ3n) is 3.83. The highest BCUT2D eigenvalue weighted by Gasteiger charge is 2.47. The Morgan fingerprint density at radius 1 is 1.35 bits per heavy atom. The summed E-state index contributed by atoms with van der Waals surface area (Å²) in [5, 5.41) is 0. The highest BCUT2D eigenvalue weighted by atomic mass is 16.5. The molecule has 0 radical (unpaired) electrons. The van der Waals surface area contributed by atoms with Crippen LogP contribution in [0.4, 0.5) is 0 Å². The van der Waals surface area contributed by atoms with Crippen molar-refractivity contribution in [3.63, 3.8) is 0 Å². The molecule has 1 aromatic carbocycles. The molecule has 3 rings (SSSR count). The Kier molecular flexibility index (Phi) is 2.63. The number of nitrogens with zero attached hydrogens (tertiary/aromatic N) is 1. The number of carbonyl (C=O) groups excluding carboxylic acids is 1. The van der Waals surface area contributed by atoms with Gasteiger partial charge >= 0.3 is 0 Å². The molecule has 90 valence electrons. The molecule has 2 unspecified atom stereocenters. The fraction of sp³-hybridized carbons (Fsp3) is 0.500. The number of carbonyl (C=O) groups is 1. The van der Waals surface area contributed by atoms with Crippen molar-refractivity contribution in [3.8, 4) is 0 Å². The van der Waals surface area contributed by atoms with E-state index in [0.717, 1.165) is 18.4 Å². The second-order valence-corrected chi connectivity index (χ2v) is 4.84. The zero-order valence-electron chi connectivity index (χ0n) is 10.0. The van der Waals surface area contributed by atoms with Gasteiger partial charge in [-0.1, -0.05) is 37.3 Å². The first kappa shape index (κ1) is 10.8. The normalized spacial score (nSPS) is 31.9. The first-order valence-corrected chi connectivity index (χ1v) is 6.30. The van der Waals surface area contributed by atoms with Gasteiger partial charge < -0.3 is 9.64 Å². The van der Waals surface area contributed by atoms with Gasteiger partial charge in [-0.25, -0.2) is 0 Å². The summed E-state index contributed by atoms with van der Waals surface area (Å²) in [4.78, 5) is 14.2. The maximum atomic E-state index is 12.2. The number of rotatable bonds is 2. The predicted molar refractivity (Wildman–Crippen MR) is 64.2 cm³/mol. The third kappa shape index (κ3) is 1.65. The van der Waals surface area contributed by atoms with Crippen molar-refractivity contribution >= 4 is 5.91 Å². The molecular weight excluding hydrogens is 214 g/mol. The average molecular weight is 231 g/mol. The standard InChI is InChI=1S/C14H17NO2/c1-2-10-8-12-9-17-14(15(12)13(10)16)11-6-4-3-5-7-11/h3-7,10,12,14H,2,8-9H2,1H3/t10?,12?,14-/m1/s1. The summed E-state index contributed by atoms with van der Waals surface area (Å²) in [6.07, 6.45) is 1.73. The molecule has 0 saturated carbocycles. The van der Waals surface area contributed by atoms with Crippen LogP contribution in [0.25, 0.3) is 0 Å². The van der Waals surface area contributed by atoms with Crippen molar-refractivity contribution in [2.45, 2.75) is 32.0 Å². The van der Waals surface area contributed by atoms with Gasteiger partial charge in [0.25, 0.3) is 0 Å². The molecule has 17 heavy (non-hydrogen) atoms. The lowest BCUT2D eigenvalue weighted by molar-refractivity contribution is -0.137. The first-order valence-electron chi connectivity index (χ1n) is 6.30. The Bertz CT molecular complexity index is 417. The summed E-state index contributed by atoms with van der Waals surface area (Å²) in [6, 6.07) is 10.3. The van der Waals surface area contributed by atoms with Crippen LogP contribution in [0.2, 0.25) is 0 Å². The second kappa shape index (κ2) is 4.15. The lowest BCUT2D eigenvalue weighted by Crippen LogP contribution is -2.32. The Hall–Kier alpha value is -1.35. The fourth-order valence-electron chi connectivity index (χ4n) is 2.89. The number of ether oxygens (including phenoxy) is 1. The van der Waals surface area contributed by atoms with Crippen molar-refractivity contribution < 1.29 is 9.53 Å². The van der Waals surface area contributed by atoms with Gasteiger partial charge in [0.2, 0.25) is 5.91 Å². The Morgan fingerprint density at radius 3 is 2.82 bits per heavy atom. The lowest BCUT2D eigenvalue weighted by atomic mass is 10.0. The van der Waals surface area contributed by atoms with Gasteiger partial charge in [-0.2, -0.15) is 0 Å². The largest absolute Gasteiger partial charge is 0.352 e. The van der Waals surface area contributed by atoms with Crippen LogP contribution in [0.15, 0.2) is 30.3 Å². The molecule has 3 heteroatoms. The zero-order valence-corrected chi connectivity index (χ0v) is 10.0. The molecule has 2 saturated heterocycles. The quantitative estimate of drug-likeness (QED) is 0.782. The molecule has 0 aliphatic carbocycles. The summed E-state index contributed by atoms with van der Waals surface area (Å²) in [7, 11) is 0. The van der Waals surface area contributed by atoms with E-state index < -0.39 is 0 Å². The van der Waals surface area contributed by atoms with Gasteiger partial charge in [0.05, 0.1) is 12.6 Å². The molecule has 0 spiro atoms. The second-order valence-electron chi connectivity index (χ2n) is 4.84. The van der Waals surface area contributed by atoms with Crippen molar-refractivity contribution in [2.75, 3.05) is 6.61 Å². The van der Waals surface area contributed by atoms with Crippen LogP contribution in [-0.4, -0.2) is 23.5 Å². The molecule has 2 aliphatic rings. The van der Waals surface area contributed by atoms with Gasteiger partial charge in [-0.05, 0) is 12.8 Å². The summed E-state index contributed by atoms with van der Waals surface area (Å²) in [5.41, 5.74) is 1.08. The number of hydrogen-bond acceptors (Lipinski definition) is 2. The number of amides is 1. The number of benzene rings is 1. The third-order valence-corrected chi connectivity index (χ3v) is 3.83. The van der Waals surface area contributed by atoms with Gasteiger partial charge in [0.15, 0.2) is 6.23 Å². The first-order chi connectivity index (χ1) is 8.31. The molecule has 0 bridgehead atoms. The van der Waals surface area contributed by atoms with E-state index in [4.69, 9.17) is 4.74 Å². The Balaban J connectivity index is 1.87. The smallest absolute Gasteiger partial charge is 0.228 e. The van der Waals surface area contributed by atoms with Crippen molar-refractivity contribution in [3.05, 3.63) is 35.9 Å². The number of hydrogen-bond donors (Lipinski definition) is 0. The molecule has 1 aromatic rings. The van der Waals surface area contributed by atoms with E-state index in [1.54, 1.807) is 0 Å². The molecule has 1 amide bonds. The minimum absolute atomic E-state index is 0.162. The van der Waals surface area contributed by atoms with Crippen molar-refractivity contribution in [1.82, 2.24) is 4.90 Å². The lowest BCUT2D eigenvalue weighted by Gasteiger charge is -2.23. The van der Waals surface area contributed by atoms with E-state index in [-0.39, 0.29) is 24.1 Å². The van der Waals surface area contributed by atoms with E-state index in [0.29, 0.717) is 6.61 Å². The average Bonchev–Trinajstić information content (AvgIpc) is 2.91. The number of fused-ring (bicyclic) bond motifs is 1. The molecule has 0 aromatic heterocycles. The molecule has 2 heterocycles. The monoisotopic (exact) mass is 231 g/mol. The van der Waals surface area contributed by atoms with Gasteiger partial charge in [0, 0.05) is 11.5 Å². The maximum absolute atomic E-state index is 12.2. The predicted octanol–water partition coefficient (Wildman–Crippen LogP) is 2.34. The molecule has 3 nitrogen and oxygen atoms in total.